The molecule has 0 saturated heterocycles. The number of hydrogen-bond acceptors (Lipinski definition) is 2. The predicted molar refractivity (Wildman–Crippen MR) is 49.7 cm³/mol. The molecular weight excluding hydrogens is 162 g/mol. The van der Waals surface area contributed by atoms with Crippen LogP contribution in [0, 0.1) is 20.0 Å². The SMILES string of the molecule is Cc1cc(C)cc(-n2c[c]nn2)c1. The maximum absolute atomic E-state index is 3.88. The van der Waals surface area contributed by atoms with Crippen LogP contribution in [0.15, 0.2) is 24.4 Å². The molecule has 0 aliphatic heterocycles. The second-order valence-electron chi connectivity index (χ2n) is 3.14. The Morgan fingerprint density at radius 1 is 1.15 bits per heavy atom. The van der Waals surface area contributed by atoms with Crippen LogP contribution in [-0.4, -0.2) is 15.0 Å². The van der Waals surface area contributed by atoms with E-state index in [4.69, 9.17) is 0 Å². The Balaban J connectivity index is 2.53. The van der Waals surface area contributed by atoms with Gasteiger partial charge in [0.25, 0.3) is 0 Å². The van der Waals surface area contributed by atoms with Gasteiger partial charge in [-0.25, -0.2) is 4.68 Å². The number of aryl methyl sites for hydroxylation is 2. The second kappa shape index (κ2) is 3.01. The van der Waals surface area contributed by atoms with E-state index in [0.29, 0.717) is 0 Å². The number of aromatic nitrogens is 3. The van der Waals surface area contributed by atoms with Crippen LogP contribution in [0.4, 0.5) is 0 Å². The maximum atomic E-state index is 3.88. The molecule has 1 radical (unpaired) electrons. The molecule has 0 bridgehead atoms. The zero-order valence-electron chi connectivity index (χ0n) is 7.65. The molecule has 0 fully saturated rings. The third-order valence-electron chi connectivity index (χ3n) is 1.85. The highest BCUT2D eigenvalue weighted by Crippen LogP contribution is 2.11. The van der Waals surface area contributed by atoms with Crippen molar-refractivity contribution in [3.05, 3.63) is 41.7 Å². The Morgan fingerprint density at radius 3 is 2.38 bits per heavy atom. The fourth-order valence-corrected chi connectivity index (χ4v) is 1.39. The molecule has 13 heavy (non-hydrogen) atoms. The Morgan fingerprint density at radius 2 is 1.85 bits per heavy atom. The third kappa shape index (κ3) is 1.59. The van der Waals surface area contributed by atoms with E-state index in [1.165, 1.54) is 11.1 Å². The number of hydrogen-bond donors (Lipinski definition) is 0. The second-order valence-corrected chi connectivity index (χ2v) is 3.14. The summed E-state index contributed by atoms with van der Waals surface area (Å²) in [5, 5.41) is 7.53. The van der Waals surface area contributed by atoms with E-state index in [0.717, 1.165) is 5.69 Å². The molecule has 0 N–H and O–H groups in total. The summed E-state index contributed by atoms with van der Waals surface area (Å²) in [6, 6.07) is 6.26. The molecule has 1 aromatic carbocycles. The number of benzene rings is 1. The van der Waals surface area contributed by atoms with Crippen molar-refractivity contribution in [2.24, 2.45) is 0 Å². The molecule has 0 aliphatic carbocycles. The lowest BCUT2D eigenvalue weighted by Gasteiger charge is -2.03. The van der Waals surface area contributed by atoms with E-state index < -0.39 is 0 Å². The zero-order valence-corrected chi connectivity index (χ0v) is 7.65. The van der Waals surface area contributed by atoms with E-state index in [1.54, 1.807) is 10.9 Å². The normalized spacial score (nSPS) is 10.3. The molecule has 3 heteroatoms. The summed E-state index contributed by atoms with van der Waals surface area (Å²) in [5.74, 6) is 0. The summed E-state index contributed by atoms with van der Waals surface area (Å²) in [5.41, 5.74) is 3.49. The average molecular weight is 172 g/mol. The topological polar surface area (TPSA) is 30.7 Å². The highest BCUT2D eigenvalue weighted by atomic mass is 15.4. The van der Waals surface area contributed by atoms with Crippen LogP contribution in [0.25, 0.3) is 5.69 Å². The fourth-order valence-electron chi connectivity index (χ4n) is 1.39. The summed E-state index contributed by atoms with van der Waals surface area (Å²) in [6.45, 7) is 4.13. The molecule has 3 nitrogen and oxygen atoms in total. The Labute approximate surface area is 77.0 Å². The van der Waals surface area contributed by atoms with Gasteiger partial charge in [0.2, 0.25) is 0 Å². The van der Waals surface area contributed by atoms with Gasteiger partial charge in [0, 0.05) is 0 Å². The van der Waals surface area contributed by atoms with Crippen molar-refractivity contribution in [2.45, 2.75) is 13.8 Å². The summed E-state index contributed by atoms with van der Waals surface area (Å²) >= 11 is 0. The van der Waals surface area contributed by atoms with Crippen molar-refractivity contribution in [1.82, 2.24) is 15.0 Å². The first kappa shape index (κ1) is 7.98. The predicted octanol–water partition coefficient (Wildman–Crippen LogP) is 1.68. The van der Waals surface area contributed by atoms with E-state index >= 15 is 0 Å². The van der Waals surface area contributed by atoms with E-state index in [9.17, 15) is 0 Å². The minimum Gasteiger partial charge on any atom is -0.220 e. The lowest BCUT2D eigenvalue weighted by molar-refractivity contribution is 0.801. The lowest BCUT2D eigenvalue weighted by Crippen LogP contribution is -1.96. The smallest absolute Gasteiger partial charge is 0.135 e. The fraction of sp³-hybridized carbons (Fsp3) is 0.200. The highest BCUT2D eigenvalue weighted by Gasteiger charge is 1.98. The minimum atomic E-state index is 1.03. The van der Waals surface area contributed by atoms with Crippen molar-refractivity contribution in [1.29, 1.82) is 0 Å². The van der Waals surface area contributed by atoms with Crippen molar-refractivity contribution in [3.63, 3.8) is 0 Å². The van der Waals surface area contributed by atoms with E-state index in [1.807, 2.05) is 0 Å². The monoisotopic (exact) mass is 172 g/mol. The van der Waals surface area contributed by atoms with Crippen molar-refractivity contribution in [3.8, 4) is 5.69 Å². The molecule has 1 heterocycles. The van der Waals surface area contributed by atoms with Crippen LogP contribution in [-0.2, 0) is 0 Å². The Bertz CT molecular complexity index is 384. The van der Waals surface area contributed by atoms with Gasteiger partial charge in [0.1, 0.15) is 6.20 Å². The van der Waals surface area contributed by atoms with Gasteiger partial charge in [0.15, 0.2) is 0 Å². The number of nitrogens with zero attached hydrogens (tertiary/aromatic N) is 3. The quantitative estimate of drug-likeness (QED) is 0.655. The molecule has 0 aliphatic rings. The summed E-state index contributed by atoms with van der Waals surface area (Å²) in [7, 11) is 0. The van der Waals surface area contributed by atoms with Gasteiger partial charge in [-0.15, -0.1) is 5.10 Å². The van der Waals surface area contributed by atoms with Gasteiger partial charge in [0.05, 0.1) is 11.9 Å². The van der Waals surface area contributed by atoms with Crippen molar-refractivity contribution >= 4 is 0 Å². The van der Waals surface area contributed by atoms with Gasteiger partial charge in [-0.05, 0) is 37.1 Å². The summed E-state index contributed by atoms with van der Waals surface area (Å²) in [4.78, 5) is 0. The molecular formula is C10H10N3. The molecule has 0 spiro atoms. The molecule has 0 unspecified atom stereocenters. The van der Waals surface area contributed by atoms with Crippen molar-refractivity contribution < 1.29 is 0 Å². The third-order valence-corrected chi connectivity index (χ3v) is 1.85. The van der Waals surface area contributed by atoms with Gasteiger partial charge < -0.3 is 0 Å². The first-order valence-corrected chi connectivity index (χ1v) is 4.13. The zero-order chi connectivity index (χ0) is 9.26. The maximum Gasteiger partial charge on any atom is 0.135 e. The molecule has 0 amide bonds. The van der Waals surface area contributed by atoms with E-state index in [-0.39, 0.29) is 0 Å². The average Bonchev–Trinajstić information content (AvgIpc) is 2.53. The van der Waals surface area contributed by atoms with Crippen LogP contribution < -0.4 is 0 Å². The molecule has 2 rings (SSSR count). The van der Waals surface area contributed by atoms with Gasteiger partial charge in [-0.3, -0.25) is 0 Å². The van der Waals surface area contributed by atoms with Crippen molar-refractivity contribution in [2.75, 3.05) is 0 Å². The van der Waals surface area contributed by atoms with Gasteiger partial charge in [-0.1, -0.05) is 11.3 Å². The highest BCUT2D eigenvalue weighted by molar-refractivity contribution is 5.38. The lowest BCUT2D eigenvalue weighted by atomic mass is 10.1. The summed E-state index contributed by atoms with van der Waals surface area (Å²) in [6.07, 6.45) is 4.39. The van der Waals surface area contributed by atoms with Crippen LogP contribution in [0.2, 0.25) is 0 Å². The number of rotatable bonds is 1. The standard InChI is InChI=1S/C10H10N3/c1-8-5-9(2)7-10(6-8)13-4-3-11-12-13/h4-7H,1-2H3. The minimum absolute atomic E-state index is 1.03. The van der Waals surface area contributed by atoms with Gasteiger partial charge >= 0.3 is 0 Å². The van der Waals surface area contributed by atoms with Crippen LogP contribution in [0.5, 0.6) is 0 Å². The van der Waals surface area contributed by atoms with Crippen LogP contribution in [0.1, 0.15) is 11.1 Å². The van der Waals surface area contributed by atoms with E-state index in [2.05, 4.69) is 48.6 Å². The first-order valence-electron chi connectivity index (χ1n) is 4.13. The first-order chi connectivity index (χ1) is 6.25. The molecule has 0 saturated carbocycles. The molecule has 2 aromatic rings. The Hall–Kier alpha value is -1.64. The largest absolute Gasteiger partial charge is 0.220 e. The van der Waals surface area contributed by atoms with Crippen LogP contribution >= 0.6 is 0 Å². The Kier molecular flexibility index (Phi) is 1.85. The van der Waals surface area contributed by atoms with Gasteiger partial charge in [-0.2, -0.15) is 0 Å². The molecule has 1 aromatic heterocycles. The molecule has 0 atom stereocenters. The van der Waals surface area contributed by atoms with Crippen LogP contribution in [0.3, 0.4) is 0 Å². The summed E-state index contributed by atoms with van der Waals surface area (Å²) < 4.78 is 1.71. The molecule has 65 valence electrons.